The lowest BCUT2D eigenvalue weighted by atomic mass is 9.89. The van der Waals surface area contributed by atoms with Gasteiger partial charge < -0.3 is 19.6 Å². The molecule has 1 aromatic heterocycles. The lowest BCUT2D eigenvalue weighted by Crippen LogP contribution is -2.63. The molecule has 1 saturated heterocycles. The van der Waals surface area contributed by atoms with E-state index in [1.807, 2.05) is 0 Å². The van der Waals surface area contributed by atoms with Crippen LogP contribution in [0.3, 0.4) is 0 Å². The molecule has 200 valence electrons. The smallest absolute Gasteiger partial charge is 0.239 e. The fourth-order valence-corrected chi connectivity index (χ4v) is 6.20. The van der Waals surface area contributed by atoms with Crippen LogP contribution < -0.4 is 10.6 Å². The van der Waals surface area contributed by atoms with Gasteiger partial charge in [-0.2, -0.15) is 4.39 Å². The van der Waals surface area contributed by atoms with Crippen molar-refractivity contribution >= 4 is 31.0 Å². The Morgan fingerprint density at radius 3 is 2.36 bits per heavy atom. The van der Waals surface area contributed by atoms with Gasteiger partial charge in [0.15, 0.2) is 20.0 Å². The fraction of sp³-hybridized carbons (Fsp3) is 0.680. The Bertz CT molecular complexity index is 1120. The molecule has 1 amide bonds. The van der Waals surface area contributed by atoms with E-state index in [9.17, 15) is 18.0 Å². The number of carbonyl (C=O) groups excluding carboxylic acids is 1. The van der Waals surface area contributed by atoms with Gasteiger partial charge in [-0.25, -0.2) is 8.78 Å². The number of fused-ring (bicyclic) bond motifs is 1. The number of carbonyl (C=O) groups is 1. The summed E-state index contributed by atoms with van der Waals surface area (Å²) >= 11 is 0. The van der Waals surface area contributed by atoms with Gasteiger partial charge in [-0.15, -0.1) is 0 Å². The molecule has 0 radical (unpaired) electrons. The predicted molar refractivity (Wildman–Crippen MR) is 135 cm³/mol. The molecule has 36 heavy (non-hydrogen) atoms. The first-order valence-electron chi connectivity index (χ1n) is 12.7. The molecule has 7 nitrogen and oxygen atoms in total. The third-order valence-electron chi connectivity index (χ3n) is 8.08. The molecule has 0 atom stereocenters. The highest BCUT2D eigenvalue weighted by molar-refractivity contribution is 6.74. The first-order valence-corrected chi connectivity index (χ1v) is 15.6. The van der Waals surface area contributed by atoms with E-state index in [1.165, 1.54) is 0 Å². The molecule has 2 heterocycles. The Hall–Kier alpha value is -2.11. The maximum absolute atomic E-state index is 14.4. The Balaban J connectivity index is 1.21. The summed E-state index contributed by atoms with van der Waals surface area (Å²) in [6.07, 6.45) is 4.68. The summed E-state index contributed by atoms with van der Waals surface area (Å²) in [6, 6.07) is 0.554. The number of nitrogens with zero attached hydrogens (tertiary/aromatic N) is 2. The SMILES string of the molecule is Cc1c(F)c(F)c2onc(NCC(=O)NC3CN(C4CCC(O[Si](C)(C)C(C)(C)C)CC4)C3)c2c1F. The summed E-state index contributed by atoms with van der Waals surface area (Å²) in [5.74, 6) is -4.00. The summed E-state index contributed by atoms with van der Waals surface area (Å²) in [7, 11) is -1.75. The number of halogens is 3. The molecule has 4 rings (SSSR count). The number of hydrogen-bond donors (Lipinski definition) is 2. The van der Waals surface area contributed by atoms with Crippen LogP contribution >= 0.6 is 0 Å². The normalized spacial score (nSPS) is 22.0. The highest BCUT2D eigenvalue weighted by Gasteiger charge is 2.41. The van der Waals surface area contributed by atoms with Crippen molar-refractivity contribution in [1.82, 2.24) is 15.4 Å². The van der Waals surface area contributed by atoms with Gasteiger partial charge >= 0.3 is 0 Å². The zero-order chi connectivity index (χ0) is 26.4. The molecule has 1 aliphatic heterocycles. The Labute approximate surface area is 211 Å². The average Bonchev–Trinajstić information content (AvgIpc) is 3.21. The molecule has 2 N–H and O–H groups in total. The van der Waals surface area contributed by atoms with Crippen LogP contribution in [0.1, 0.15) is 52.0 Å². The maximum atomic E-state index is 14.4. The number of anilines is 1. The van der Waals surface area contributed by atoms with Gasteiger partial charge in [0.2, 0.25) is 17.3 Å². The summed E-state index contributed by atoms with van der Waals surface area (Å²) in [6.45, 7) is 13.9. The standard InChI is InChI=1S/C25H37F3N4O3Si/c1-14-20(26)19-23(22(28)21(14)27)34-31-24(19)29-11-18(33)30-15-12-32(13-15)16-7-9-17(10-8-16)35-36(5,6)25(2,3)4/h15-17H,7-13H2,1-6H3,(H,29,31)(H,30,33). The highest BCUT2D eigenvalue weighted by atomic mass is 28.4. The van der Waals surface area contributed by atoms with Gasteiger partial charge in [-0.05, 0) is 50.7 Å². The van der Waals surface area contributed by atoms with Crippen molar-refractivity contribution in [2.75, 3.05) is 25.0 Å². The van der Waals surface area contributed by atoms with Gasteiger partial charge in [0.05, 0.1) is 12.6 Å². The minimum atomic E-state index is -1.75. The molecule has 0 bridgehead atoms. The molecule has 1 aromatic carbocycles. The zero-order valence-electron chi connectivity index (χ0n) is 21.9. The van der Waals surface area contributed by atoms with Gasteiger partial charge in [-0.3, -0.25) is 9.69 Å². The van der Waals surface area contributed by atoms with Crippen LogP contribution in [0.2, 0.25) is 18.1 Å². The number of rotatable bonds is 7. The van der Waals surface area contributed by atoms with Crippen molar-refractivity contribution in [3.8, 4) is 0 Å². The van der Waals surface area contributed by atoms with E-state index in [2.05, 4.69) is 54.6 Å². The second kappa shape index (κ2) is 9.98. The van der Waals surface area contributed by atoms with Crippen LogP contribution in [-0.2, 0) is 9.22 Å². The topological polar surface area (TPSA) is 79.6 Å². The molecule has 0 unspecified atom stereocenters. The van der Waals surface area contributed by atoms with Crippen LogP contribution in [0.15, 0.2) is 4.52 Å². The largest absolute Gasteiger partial charge is 0.414 e. The summed E-state index contributed by atoms with van der Waals surface area (Å²) in [5.41, 5.74) is -1.08. The lowest BCUT2D eigenvalue weighted by Gasteiger charge is -2.48. The number of nitrogens with one attached hydrogen (secondary N) is 2. The van der Waals surface area contributed by atoms with Gasteiger partial charge in [-0.1, -0.05) is 25.9 Å². The van der Waals surface area contributed by atoms with Crippen molar-refractivity contribution in [2.24, 2.45) is 0 Å². The molecule has 1 aliphatic carbocycles. The molecule has 0 spiro atoms. The first kappa shape index (κ1) is 26.9. The summed E-state index contributed by atoms with van der Waals surface area (Å²) in [4.78, 5) is 14.8. The predicted octanol–water partition coefficient (Wildman–Crippen LogP) is 5.10. The van der Waals surface area contributed by atoms with E-state index < -0.39 is 36.9 Å². The number of amides is 1. The molecule has 1 saturated carbocycles. The van der Waals surface area contributed by atoms with Crippen LogP contribution in [0.4, 0.5) is 19.0 Å². The average molecular weight is 527 g/mol. The van der Waals surface area contributed by atoms with Crippen LogP contribution in [0.25, 0.3) is 11.0 Å². The lowest BCUT2D eigenvalue weighted by molar-refractivity contribution is -0.121. The van der Waals surface area contributed by atoms with E-state index in [-0.39, 0.29) is 34.7 Å². The van der Waals surface area contributed by atoms with E-state index in [0.29, 0.717) is 12.1 Å². The zero-order valence-corrected chi connectivity index (χ0v) is 22.9. The Kier molecular flexibility index (Phi) is 7.47. The molecule has 2 aromatic rings. The highest BCUT2D eigenvalue weighted by Crippen LogP contribution is 2.39. The number of aromatic nitrogens is 1. The number of likely N-dealkylation sites (tertiary alicyclic amines) is 1. The van der Waals surface area contributed by atoms with E-state index in [1.54, 1.807) is 0 Å². The molecule has 2 aliphatic rings. The number of hydrogen-bond acceptors (Lipinski definition) is 6. The fourth-order valence-electron chi connectivity index (χ4n) is 4.78. The molecule has 11 heteroatoms. The first-order chi connectivity index (χ1) is 16.8. The van der Waals surface area contributed by atoms with Crippen LogP contribution in [0.5, 0.6) is 0 Å². The second-order valence-corrected chi connectivity index (χ2v) is 16.4. The molecular formula is C25H37F3N4O3Si. The van der Waals surface area contributed by atoms with Gasteiger partial charge in [0, 0.05) is 30.8 Å². The third kappa shape index (κ3) is 5.28. The second-order valence-electron chi connectivity index (χ2n) is 11.7. The Morgan fingerprint density at radius 2 is 1.75 bits per heavy atom. The Morgan fingerprint density at radius 1 is 1.11 bits per heavy atom. The number of benzene rings is 1. The van der Waals surface area contributed by atoms with Crippen molar-refractivity contribution in [3.05, 3.63) is 23.0 Å². The van der Waals surface area contributed by atoms with Crippen molar-refractivity contribution < 1.29 is 26.9 Å². The van der Waals surface area contributed by atoms with E-state index in [0.717, 1.165) is 45.7 Å². The molecule has 2 fully saturated rings. The maximum Gasteiger partial charge on any atom is 0.239 e. The minimum Gasteiger partial charge on any atom is -0.414 e. The van der Waals surface area contributed by atoms with Crippen molar-refractivity contribution in [1.29, 1.82) is 0 Å². The van der Waals surface area contributed by atoms with Crippen molar-refractivity contribution in [3.63, 3.8) is 0 Å². The van der Waals surface area contributed by atoms with Gasteiger partial charge in [0.1, 0.15) is 11.2 Å². The quantitative estimate of drug-likeness (QED) is 0.386. The van der Waals surface area contributed by atoms with Crippen molar-refractivity contribution in [2.45, 2.75) is 89.7 Å². The van der Waals surface area contributed by atoms with E-state index in [4.69, 9.17) is 8.95 Å². The minimum absolute atomic E-state index is 0.0417. The monoisotopic (exact) mass is 526 g/mol. The van der Waals surface area contributed by atoms with Gasteiger partial charge in [0.25, 0.3) is 0 Å². The molecular weight excluding hydrogens is 489 g/mol. The van der Waals surface area contributed by atoms with Crippen LogP contribution in [-0.4, -0.2) is 62.1 Å². The summed E-state index contributed by atoms with van der Waals surface area (Å²) in [5, 5.41) is 9.10. The van der Waals surface area contributed by atoms with E-state index >= 15 is 0 Å². The van der Waals surface area contributed by atoms with Crippen LogP contribution in [0, 0.1) is 24.4 Å². The summed E-state index contributed by atoms with van der Waals surface area (Å²) < 4.78 is 53.5. The third-order valence-corrected chi connectivity index (χ3v) is 12.6.